The topological polar surface area (TPSA) is 143 Å². The Morgan fingerprint density at radius 3 is 1.35 bits per heavy atom. The molecule has 2 fully saturated rings. The highest BCUT2D eigenvalue weighted by Gasteiger charge is 2.28. The monoisotopic (exact) mass is 876 g/mol. The van der Waals surface area contributed by atoms with Crippen LogP contribution in [0.15, 0.2) is 82.9 Å². The highest BCUT2D eigenvalue weighted by atomic mass is 19.2. The maximum absolute atomic E-state index is 14.1. The van der Waals surface area contributed by atoms with Gasteiger partial charge in [0.15, 0.2) is 0 Å². The fourth-order valence-electron chi connectivity index (χ4n) is 8.17. The van der Waals surface area contributed by atoms with Gasteiger partial charge in [-0.2, -0.15) is 9.97 Å². The molecule has 8 rings (SSSR count). The summed E-state index contributed by atoms with van der Waals surface area (Å²) in [6.45, 7) is 1.35. The van der Waals surface area contributed by atoms with Crippen molar-refractivity contribution in [2.24, 2.45) is 11.8 Å². The van der Waals surface area contributed by atoms with E-state index in [2.05, 4.69) is 9.97 Å². The van der Waals surface area contributed by atoms with E-state index in [1.54, 1.807) is 30.3 Å². The number of carboxylic acid groups (broad SMARTS) is 1. The predicted octanol–water partition coefficient (Wildman–Crippen LogP) is 8.66. The van der Waals surface area contributed by atoms with Crippen LogP contribution < -0.4 is 20.6 Å². The maximum Gasteiger partial charge on any atom is 0.306 e. The summed E-state index contributed by atoms with van der Waals surface area (Å²) in [7, 11) is 0. The first-order valence-corrected chi connectivity index (χ1v) is 20.5. The highest BCUT2D eigenvalue weighted by molar-refractivity contribution is 5.81. The average Bonchev–Trinajstić information content (AvgIpc) is 3.25. The molecule has 0 unspecified atom stereocenters. The number of hydrogen-bond acceptors (Lipinski definition) is 8. The molecule has 0 bridgehead atoms. The van der Waals surface area contributed by atoms with Crippen molar-refractivity contribution >= 4 is 33.6 Å². The minimum atomic E-state index is -1.03. The van der Waals surface area contributed by atoms with Gasteiger partial charge in [0.2, 0.25) is 0 Å². The number of aliphatic carboxylic acids is 1. The summed E-state index contributed by atoms with van der Waals surface area (Å²) < 4.78 is 97.4. The van der Waals surface area contributed by atoms with Crippen molar-refractivity contribution in [3.8, 4) is 11.5 Å². The van der Waals surface area contributed by atoms with E-state index in [-0.39, 0.29) is 64.8 Å². The fraction of sp³-hybridized carbons (Fsp3) is 0.348. The molecule has 0 spiro atoms. The number of nitrogens with zero attached hydrogens (tertiary/aromatic N) is 4. The minimum absolute atomic E-state index is 0.0466. The second-order valence-corrected chi connectivity index (χ2v) is 15.8. The molecule has 2 saturated carbocycles. The molecule has 2 heterocycles. The van der Waals surface area contributed by atoms with Gasteiger partial charge in [0.1, 0.15) is 52.2 Å². The molecule has 2 aliphatic carbocycles. The van der Waals surface area contributed by atoms with Gasteiger partial charge in [-0.1, -0.05) is 6.92 Å². The van der Waals surface area contributed by atoms with Crippen molar-refractivity contribution in [2.75, 3.05) is 0 Å². The van der Waals surface area contributed by atoms with Gasteiger partial charge in [-0.05, 0) is 87.8 Å². The number of carboxylic acids is 1. The van der Waals surface area contributed by atoms with Crippen molar-refractivity contribution in [1.29, 1.82) is 0 Å². The zero-order valence-corrected chi connectivity index (χ0v) is 34.0. The number of ether oxygens (including phenoxy) is 2. The first kappa shape index (κ1) is 44.5. The molecule has 1 N–H and O–H groups in total. The van der Waals surface area contributed by atoms with Crippen LogP contribution in [0.5, 0.6) is 11.5 Å². The Bertz CT molecular complexity index is 2750. The van der Waals surface area contributed by atoms with E-state index in [0.717, 1.165) is 25.7 Å². The molecule has 0 atom stereocenters. The van der Waals surface area contributed by atoms with Gasteiger partial charge in [0.25, 0.3) is 11.1 Å². The van der Waals surface area contributed by atoms with Crippen LogP contribution in [0, 0.1) is 46.7 Å². The van der Waals surface area contributed by atoms with Gasteiger partial charge >= 0.3 is 5.97 Å². The summed E-state index contributed by atoms with van der Waals surface area (Å²) in [4.78, 5) is 55.2. The first-order valence-electron chi connectivity index (χ1n) is 20.5. The van der Waals surface area contributed by atoms with Crippen molar-refractivity contribution in [2.45, 2.75) is 90.0 Å². The molecule has 63 heavy (non-hydrogen) atoms. The molecule has 0 amide bonds. The van der Waals surface area contributed by atoms with E-state index < -0.39 is 52.0 Å². The molecule has 0 radical (unpaired) electrons. The van der Waals surface area contributed by atoms with Crippen LogP contribution >= 0.6 is 0 Å². The maximum atomic E-state index is 14.1. The third kappa shape index (κ3) is 10.4. The molecule has 11 nitrogen and oxygen atoms in total. The van der Waals surface area contributed by atoms with E-state index in [1.165, 1.54) is 27.9 Å². The Labute approximate surface area is 355 Å². The molecular formula is C46H42F6N4O7. The summed E-state index contributed by atoms with van der Waals surface area (Å²) in [5.74, 6) is -5.93. The fourth-order valence-corrected chi connectivity index (χ4v) is 8.17. The summed E-state index contributed by atoms with van der Waals surface area (Å²) in [6.07, 6.45) is 8.06. The third-order valence-electron chi connectivity index (χ3n) is 11.6. The number of aromatic nitrogens is 4. The molecule has 0 aliphatic heterocycles. The lowest BCUT2D eigenvalue weighted by Crippen LogP contribution is -2.27. The molecule has 6 aromatic rings. The second-order valence-electron chi connectivity index (χ2n) is 15.8. The van der Waals surface area contributed by atoms with Crippen molar-refractivity contribution in [3.05, 3.63) is 140 Å². The van der Waals surface area contributed by atoms with Crippen molar-refractivity contribution in [1.82, 2.24) is 19.1 Å². The van der Waals surface area contributed by atoms with Gasteiger partial charge in [0.05, 0.1) is 65.7 Å². The Hall–Kier alpha value is -6.52. The van der Waals surface area contributed by atoms with Crippen LogP contribution in [0.2, 0.25) is 0 Å². The predicted molar refractivity (Wildman–Crippen MR) is 219 cm³/mol. The number of carbonyl (C=O) groups excluding carboxylic acids is 1. The van der Waals surface area contributed by atoms with Crippen LogP contribution in [0.4, 0.5) is 26.3 Å². The van der Waals surface area contributed by atoms with Crippen LogP contribution in [0.25, 0.3) is 21.8 Å². The lowest BCUT2D eigenvalue weighted by atomic mass is 9.84. The largest absolute Gasteiger partial charge is 0.490 e. The standard InChI is InChI=1S/C24H23F3N2O3.C22H19F3N2O4/c1-2-23(30)14-3-5-16(6-4-14)32-17-7-8-22-18(11-17)24(31)28-13-29(22)12-19-20(26)9-15(25)10-21(19)27;23-13-7-18(24)17(19(25)8-13)10-27-11-26-21(28)16-9-15(5-6-20(16)27)31-14-3-1-12(2-4-14)22(29)30/h7-11,13-14,16H,2-6,12H2,1H3;5-9,11-12,14H,1-4,10H2,(H,29,30). The summed E-state index contributed by atoms with van der Waals surface area (Å²) >= 11 is 0. The Morgan fingerprint density at radius 2 is 0.984 bits per heavy atom. The van der Waals surface area contributed by atoms with E-state index in [1.807, 2.05) is 6.92 Å². The van der Waals surface area contributed by atoms with Crippen LogP contribution in [-0.2, 0) is 22.7 Å². The highest BCUT2D eigenvalue weighted by Crippen LogP contribution is 2.31. The Kier molecular flexibility index (Phi) is 13.6. The molecule has 2 aliphatic rings. The second kappa shape index (κ2) is 19.3. The summed E-state index contributed by atoms with van der Waals surface area (Å²) in [5.41, 5.74) is -0.853. The van der Waals surface area contributed by atoms with Gasteiger partial charge in [0, 0.05) is 47.7 Å². The number of fused-ring (bicyclic) bond motifs is 2. The third-order valence-corrected chi connectivity index (χ3v) is 11.6. The number of halogens is 6. The van der Waals surface area contributed by atoms with Gasteiger partial charge in [-0.3, -0.25) is 19.2 Å². The Balaban J connectivity index is 0.000000189. The zero-order chi connectivity index (χ0) is 44.9. The molecule has 330 valence electrons. The van der Waals surface area contributed by atoms with Crippen molar-refractivity contribution in [3.63, 3.8) is 0 Å². The molecular weight excluding hydrogens is 835 g/mol. The van der Waals surface area contributed by atoms with Crippen LogP contribution in [0.3, 0.4) is 0 Å². The van der Waals surface area contributed by atoms with Crippen LogP contribution in [-0.4, -0.2) is 48.2 Å². The quantitative estimate of drug-likeness (QED) is 0.127. The zero-order valence-electron chi connectivity index (χ0n) is 34.0. The van der Waals surface area contributed by atoms with Crippen molar-refractivity contribution < 1.29 is 50.5 Å². The lowest BCUT2D eigenvalue weighted by molar-refractivity contribution is -0.143. The van der Waals surface area contributed by atoms with Gasteiger partial charge < -0.3 is 23.7 Å². The number of benzene rings is 4. The van der Waals surface area contributed by atoms with Gasteiger partial charge in [-0.15, -0.1) is 0 Å². The Morgan fingerprint density at radius 1 is 0.603 bits per heavy atom. The summed E-state index contributed by atoms with van der Waals surface area (Å²) in [5, 5.41) is 9.56. The average molecular weight is 877 g/mol. The van der Waals surface area contributed by atoms with Crippen LogP contribution in [0.1, 0.15) is 75.8 Å². The molecule has 2 aromatic heterocycles. The number of rotatable bonds is 11. The molecule has 17 heteroatoms. The smallest absolute Gasteiger partial charge is 0.306 e. The van der Waals surface area contributed by atoms with E-state index in [0.29, 0.717) is 78.9 Å². The number of hydrogen-bond donors (Lipinski definition) is 1. The number of Topliss-reactive ketones (excluding diaryl/α,β-unsaturated/α-hetero) is 1. The van der Waals surface area contributed by atoms with E-state index in [9.17, 15) is 45.5 Å². The summed E-state index contributed by atoms with van der Waals surface area (Å²) in [6, 6.07) is 12.1. The normalized spacial score (nSPS) is 18.7. The van der Waals surface area contributed by atoms with Gasteiger partial charge in [-0.25, -0.2) is 26.3 Å². The molecule has 0 saturated heterocycles. The molecule has 4 aromatic carbocycles. The van der Waals surface area contributed by atoms with E-state index >= 15 is 0 Å². The number of carbonyl (C=O) groups is 2. The minimum Gasteiger partial charge on any atom is -0.490 e. The van der Waals surface area contributed by atoms with E-state index in [4.69, 9.17) is 14.6 Å². The number of ketones is 1. The first-order chi connectivity index (χ1) is 30.2. The lowest BCUT2D eigenvalue weighted by Gasteiger charge is -2.28. The SMILES string of the molecule is CCC(=O)C1CCC(Oc2ccc3c(c2)c(=O)ncn3Cc2c(F)cc(F)cc2F)CC1.O=C(O)C1CCC(Oc2ccc3c(c2)c(=O)ncn3Cc2c(F)cc(F)cc2F)CC1.